The van der Waals surface area contributed by atoms with E-state index < -0.39 is 5.97 Å². The largest absolute Gasteiger partial charge is 0.478 e. The van der Waals surface area contributed by atoms with Gasteiger partial charge in [-0.15, -0.1) is 5.10 Å². The Kier molecular flexibility index (Phi) is 4.57. The molecule has 110 valence electrons. The number of benzene rings is 1. The molecule has 6 heteroatoms. The van der Waals surface area contributed by atoms with Crippen molar-refractivity contribution in [1.82, 2.24) is 10.2 Å². The highest BCUT2D eigenvalue weighted by Gasteiger charge is 2.19. The van der Waals surface area contributed by atoms with Gasteiger partial charge in [0.2, 0.25) is 0 Å². The Labute approximate surface area is 131 Å². The molecule has 0 fully saturated rings. The lowest BCUT2D eigenvalue weighted by Gasteiger charge is -2.17. The van der Waals surface area contributed by atoms with Gasteiger partial charge in [-0.25, -0.2) is 4.79 Å². The van der Waals surface area contributed by atoms with E-state index in [0.29, 0.717) is 17.1 Å². The average molecular weight is 350 g/mol. The zero-order chi connectivity index (χ0) is 15.6. The molecule has 1 heterocycles. The Morgan fingerprint density at radius 3 is 2.43 bits per heavy atom. The van der Waals surface area contributed by atoms with Crippen molar-refractivity contribution in [3.63, 3.8) is 0 Å². The minimum atomic E-state index is -1.00. The molecule has 2 N–H and O–H groups in total. The molecular formula is C15H16BrN3O2. The highest BCUT2D eigenvalue weighted by atomic mass is 79.9. The molecule has 0 aliphatic carbocycles. The van der Waals surface area contributed by atoms with Gasteiger partial charge in [0.05, 0.1) is 11.7 Å². The molecule has 0 aliphatic rings. The highest BCUT2D eigenvalue weighted by molar-refractivity contribution is 9.10. The first kappa shape index (κ1) is 15.4. The van der Waals surface area contributed by atoms with Crippen LogP contribution in [0, 0.1) is 13.8 Å². The number of carbonyl (C=O) groups is 1. The van der Waals surface area contributed by atoms with Gasteiger partial charge in [0.25, 0.3) is 0 Å². The van der Waals surface area contributed by atoms with Crippen molar-refractivity contribution in [3.05, 3.63) is 51.1 Å². The topological polar surface area (TPSA) is 75.1 Å². The second-order valence-electron chi connectivity index (χ2n) is 4.86. The van der Waals surface area contributed by atoms with Crippen molar-refractivity contribution >= 4 is 27.7 Å². The summed E-state index contributed by atoms with van der Waals surface area (Å²) in [5.41, 5.74) is 2.46. The number of nitrogens with one attached hydrogen (secondary N) is 1. The van der Waals surface area contributed by atoms with Crippen molar-refractivity contribution in [1.29, 1.82) is 0 Å². The molecule has 0 radical (unpaired) electrons. The van der Waals surface area contributed by atoms with E-state index in [1.807, 2.05) is 31.2 Å². The number of rotatable bonds is 4. The lowest BCUT2D eigenvalue weighted by atomic mass is 10.1. The van der Waals surface area contributed by atoms with E-state index >= 15 is 0 Å². The molecule has 5 nitrogen and oxygen atoms in total. The van der Waals surface area contributed by atoms with Gasteiger partial charge in [0.1, 0.15) is 5.56 Å². The van der Waals surface area contributed by atoms with Crippen LogP contribution >= 0.6 is 15.9 Å². The lowest BCUT2D eigenvalue weighted by Crippen LogP contribution is -2.15. The fourth-order valence-corrected chi connectivity index (χ4v) is 2.28. The van der Waals surface area contributed by atoms with Crippen molar-refractivity contribution in [3.8, 4) is 0 Å². The summed E-state index contributed by atoms with van der Waals surface area (Å²) in [7, 11) is 0. The summed E-state index contributed by atoms with van der Waals surface area (Å²) in [6.07, 6.45) is 0. The molecule has 1 aromatic carbocycles. The molecule has 0 amide bonds. The summed E-state index contributed by atoms with van der Waals surface area (Å²) in [5.74, 6) is -0.711. The first-order chi connectivity index (χ1) is 9.90. The molecule has 0 saturated carbocycles. The van der Waals surface area contributed by atoms with E-state index in [-0.39, 0.29) is 11.6 Å². The first-order valence-corrected chi connectivity index (χ1v) is 7.28. The van der Waals surface area contributed by atoms with Crippen LogP contribution in [-0.2, 0) is 0 Å². The van der Waals surface area contributed by atoms with Crippen LogP contribution in [-0.4, -0.2) is 21.3 Å². The predicted molar refractivity (Wildman–Crippen MR) is 84.6 cm³/mol. The number of nitrogens with zero attached hydrogens (tertiary/aromatic N) is 2. The van der Waals surface area contributed by atoms with E-state index in [9.17, 15) is 9.90 Å². The van der Waals surface area contributed by atoms with Crippen LogP contribution in [0.3, 0.4) is 0 Å². The zero-order valence-electron chi connectivity index (χ0n) is 12.0. The van der Waals surface area contributed by atoms with Crippen LogP contribution in [0.4, 0.5) is 5.82 Å². The molecular weight excluding hydrogens is 334 g/mol. The minimum absolute atomic E-state index is 0.0763. The maximum atomic E-state index is 11.4. The van der Waals surface area contributed by atoms with Crippen LogP contribution < -0.4 is 5.32 Å². The monoisotopic (exact) mass is 349 g/mol. The quantitative estimate of drug-likeness (QED) is 0.879. The van der Waals surface area contributed by atoms with Gasteiger partial charge in [-0.2, -0.15) is 5.10 Å². The first-order valence-electron chi connectivity index (χ1n) is 6.49. The summed E-state index contributed by atoms with van der Waals surface area (Å²) >= 11 is 3.39. The maximum Gasteiger partial charge on any atom is 0.339 e. The van der Waals surface area contributed by atoms with Crippen molar-refractivity contribution in [2.24, 2.45) is 0 Å². The highest BCUT2D eigenvalue weighted by Crippen LogP contribution is 2.24. The van der Waals surface area contributed by atoms with Crippen LogP contribution in [0.15, 0.2) is 28.7 Å². The van der Waals surface area contributed by atoms with E-state index in [1.54, 1.807) is 13.8 Å². The Morgan fingerprint density at radius 2 is 1.86 bits per heavy atom. The Balaban J connectivity index is 2.33. The van der Waals surface area contributed by atoms with Crippen LogP contribution in [0.2, 0.25) is 0 Å². The van der Waals surface area contributed by atoms with Gasteiger partial charge < -0.3 is 10.4 Å². The van der Waals surface area contributed by atoms with Crippen molar-refractivity contribution < 1.29 is 9.90 Å². The molecule has 2 aromatic rings. The molecule has 0 saturated heterocycles. The number of halogens is 1. The molecule has 0 bridgehead atoms. The fraction of sp³-hybridized carbons (Fsp3) is 0.267. The summed E-state index contributed by atoms with van der Waals surface area (Å²) in [6, 6.07) is 7.75. The van der Waals surface area contributed by atoms with Crippen molar-refractivity contribution in [2.75, 3.05) is 5.32 Å². The average Bonchev–Trinajstić information content (AvgIpc) is 2.43. The van der Waals surface area contributed by atoms with E-state index in [2.05, 4.69) is 31.4 Å². The van der Waals surface area contributed by atoms with Gasteiger partial charge in [0.15, 0.2) is 5.82 Å². The predicted octanol–water partition coefficient (Wildman–Crippen LogP) is 3.73. The van der Waals surface area contributed by atoms with E-state index in [0.717, 1.165) is 10.0 Å². The lowest BCUT2D eigenvalue weighted by molar-refractivity contribution is 0.0696. The third kappa shape index (κ3) is 3.39. The second kappa shape index (κ2) is 6.22. The number of aryl methyl sites for hydroxylation is 1. The summed E-state index contributed by atoms with van der Waals surface area (Å²) < 4.78 is 0.996. The summed E-state index contributed by atoms with van der Waals surface area (Å²) in [4.78, 5) is 11.4. The second-order valence-corrected chi connectivity index (χ2v) is 5.77. The number of carboxylic acids is 1. The molecule has 0 spiro atoms. The molecule has 2 rings (SSSR count). The number of aromatic nitrogens is 2. The Bertz CT molecular complexity index is 671. The molecule has 1 unspecified atom stereocenters. The molecule has 1 aromatic heterocycles. The molecule has 0 aliphatic heterocycles. The number of carboxylic acid groups (broad SMARTS) is 1. The van der Waals surface area contributed by atoms with Crippen LogP contribution in [0.5, 0.6) is 0 Å². The number of aromatic carboxylic acids is 1. The van der Waals surface area contributed by atoms with Gasteiger partial charge in [-0.1, -0.05) is 28.1 Å². The SMILES string of the molecule is Cc1nnc(NC(C)c2ccc(Br)cc2)c(C(=O)O)c1C. The van der Waals surface area contributed by atoms with Crippen molar-refractivity contribution in [2.45, 2.75) is 26.8 Å². The third-order valence-electron chi connectivity index (χ3n) is 3.39. The van der Waals surface area contributed by atoms with E-state index in [1.165, 1.54) is 0 Å². The van der Waals surface area contributed by atoms with Gasteiger partial charge in [0, 0.05) is 4.47 Å². The summed E-state index contributed by atoms with van der Waals surface area (Å²) in [6.45, 7) is 5.44. The van der Waals surface area contributed by atoms with Gasteiger partial charge in [-0.3, -0.25) is 0 Å². The molecule has 21 heavy (non-hydrogen) atoms. The van der Waals surface area contributed by atoms with Crippen LogP contribution in [0.1, 0.15) is 40.1 Å². The number of hydrogen-bond acceptors (Lipinski definition) is 4. The molecule has 1 atom stereocenters. The van der Waals surface area contributed by atoms with Gasteiger partial charge >= 0.3 is 5.97 Å². The summed E-state index contributed by atoms with van der Waals surface area (Å²) in [5, 5.41) is 20.5. The van der Waals surface area contributed by atoms with E-state index in [4.69, 9.17) is 0 Å². The fourth-order valence-electron chi connectivity index (χ4n) is 2.01. The Morgan fingerprint density at radius 1 is 1.24 bits per heavy atom. The minimum Gasteiger partial charge on any atom is -0.478 e. The zero-order valence-corrected chi connectivity index (χ0v) is 13.6. The smallest absolute Gasteiger partial charge is 0.339 e. The standard InChI is InChI=1S/C15H16BrN3O2/c1-8-9(2)18-19-14(13(8)15(20)21)17-10(3)11-4-6-12(16)7-5-11/h4-7,10H,1-3H3,(H,17,19)(H,20,21). The third-order valence-corrected chi connectivity index (χ3v) is 3.92. The Hall–Kier alpha value is -1.95. The normalized spacial score (nSPS) is 12.0. The van der Waals surface area contributed by atoms with Gasteiger partial charge in [-0.05, 0) is 44.0 Å². The number of hydrogen-bond donors (Lipinski definition) is 2. The maximum absolute atomic E-state index is 11.4. The van der Waals surface area contributed by atoms with Crippen LogP contribution in [0.25, 0.3) is 0 Å². The number of anilines is 1.